The topological polar surface area (TPSA) is 58.3 Å². The van der Waals surface area contributed by atoms with Crippen LogP contribution in [-0.4, -0.2) is 22.7 Å². The molecule has 1 aliphatic heterocycles. The summed E-state index contributed by atoms with van der Waals surface area (Å²) in [6.07, 6.45) is 4.85. The van der Waals surface area contributed by atoms with Crippen LogP contribution >= 0.6 is 0 Å². The molecule has 72 valence electrons. The van der Waals surface area contributed by atoms with Gasteiger partial charge >= 0.3 is 0 Å². The van der Waals surface area contributed by atoms with Gasteiger partial charge in [-0.05, 0) is 19.4 Å². The molecule has 4 nitrogen and oxygen atoms in total. The van der Waals surface area contributed by atoms with E-state index in [0.717, 1.165) is 18.9 Å². The second kappa shape index (κ2) is 3.89. The molecule has 2 N–H and O–H groups in total. The van der Waals surface area contributed by atoms with Gasteiger partial charge in [-0.2, -0.15) is 0 Å². The van der Waals surface area contributed by atoms with E-state index in [-0.39, 0.29) is 6.61 Å². The van der Waals surface area contributed by atoms with Crippen LogP contribution < -0.4 is 5.32 Å². The van der Waals surface area contributed by atoms with Gasteiger partial charge in [-0.1, -0.05) is 0 Å². The van der Waals surface area contributed by atoms with Crippen LogP contribution in [0.1, 0.15) is 24.5 Å². The van der Waals surface area contributed by atoms with Gasteiger partial charge in [-0.25, -0.2) is 4.98 Å². The molecule has 1 unspecified atom stereocenters. The Labute approximate surface area is 77.0 Å². The molecule has 1 aromatic heterocycles. The lowest BCUT2D eigenvalue weighted by Gasteiger charge is -2.05. The van der Waals surface area contributed by atoms with Crippen molar-refractivity contribution in [1.29, 1.82) is 0 Å². The first kappa shape index (κ1) is 8.72. The molecular weight excluding hydrogens is 168 g/mol. The van der Waals surface area contributed by atoms with Crippen molar-refractivity contribution in [2.75, 3.05) is 6.54 Å². The van der Waals surface area contributed by atoms with Crippen LogP contribution in [0.2, 0.25) is 0 Å². The first-order chi connectivity index (χ1) is 6.38. The maximum atomic E-state index is 8.76. The van der Waals surface area contributed by atoms with Gasteiger partial charge in [0, 0.05) is 12.5 Å². The Bertz CT molecular complexity index is 266. The molecule has 0 saturated carbocycles. The van der Waals surface area contributed by atoms with E-state index in [1.165, 1.54) is 12.8 Å². The Hall–Kier alpha value is -0.870. The number of hydrogen-bond acceptors (Lipinski definition) is 4. The number of hydrogen-bond donors (Lipinski definition) is 2. The van der Waals surface area contributed by atoms with Crippen LogP contribution in [0, 0.1) is 0 Å². The third-order valence-electron chi connectivity index (χ3n) is 2.34. The number of aliphatic hydroxyl groups is 1. The summed E-state index contributed by atoms with van der Waals surface area (Å²) in [6.45, 7) is 1.03. The Morgan fingerprint density at radius 1 is 1.69 bits per heavy atom. The second-order valence-corrected chi connectivity index (χ2v) is 3.38. The molecule has 1 fully saturated rings. The first-order valence-electron chi connectivity index (χ1n) is 4.66. The SMILES string of the molecule is OCc1cnc(CC2CCCN2)o1. The van der Waals surface area contributed by atoms with Crippen molar-refractivity contribution in [2.45, 2.75) is 31.9 Å². The molecule has 2 rings (SSSR count). The number of nitrogens with zero attached hydrogens (tertiary/aromatic N) is 1. The fourth-order valence-corrected chi connectivity index (χ4v) is 1.66. The summed E-state index contributed by atoms with van der Waals surface area (Å²) in [4.78, 5) is 4.08. The monoisotopic (exact) mass is 182 g/mol. The van der Waals surface area contributed by atoms with E-state index in [4.69, 9.17) is 9.52 Å². The average molecular weight is 182 g/mol. The Balaban J connectivity index is 1.92. The lowest BCUT2D eigenvalue weighted by atomic mass is 10.2. The third kappa shape index (κ3) is 2.08. The van der Waals surface area contributed by atoms with E-state index in [9.17, 15) is 0 Å². The molecule has 0 radical (unpaired) electrons. The van der Waals surface area contributed by atoms with Crippen molar-refractivity contribution in [3.8, 4) is 0 Å². The summed E-state index contributed by atoms with van der Waals surface area (Å²) in [5.41, 5.74) is 0. The number of aliphatic hydroxyl groups excluding tert-OH is 1. The van der Waals surface area contributed by atoms with Crippen molar-refractivity contribution in [2.24, 2.45) is 0 Å². The predicted octanol–water partition coefficient (Wildman–Crippen LogP) is 0.461. The molecular formula is C9H14N2O2. The molecule has 0 aromatic carbocycles. The van der Waals surface area contributed by atoms with Crippen LogP contribution in [-0.2, 0) is 13.0 Å². The molecule has 0 aliphatic carbocycles. The Morgan fingerprint density at radius 3 is 3.23 bits per heavy atom. The Kier molecular flexibility index (Phi) is 2.61. The highest BCUT2D eigenvalue weighted by atomic mass is 16.4. The van der Waals surface area contributed by atoms with Gasteiger partial charge in [-0.3, -0.25) is 0 Å². The number of rotatable bonds is 3. The van der Waals surface area contributed by atoms with Crippen LogP contribution in [0.15, 0.2) is 10.6 Å². The van der Waals surface area contributed by atoms with Gasteiger partial charge in [0.15, 0.2) is 5.89 Å². The zero-order chi connectivity index (χ0) is 9.10. The quantitative estimate of drug-likeness (QED) is 0.713. The van der Waals surface area contributed by atoms with Crippen molar-refractivity contribution in [1.82, 2.24) is 10.3 Å². The molecule has 4 heteroatoms. The second-order valence-electron chi connectivity index (χ2n) is 3.38. The van der Waals surface area contributed by atoms with E-state index in [2.05, 4.69) is 10.3 Å². The standard InChI is InChI=1S/C9H14N2O2/c12-6-8-5-11-9(13-8)4-7-2-1-3-10-7/h5,7,10,12H,1-4,6H2. The summed E-state index contributed by atoms with van der Waals surface area (Å²) in [5.74, 6) is 1.27. The zero-order valence-electron chi connectivity index (χ0n) is 7.49. The smallest absolute Gasteiger partial charge is 0.196 e. The van der Waals surface area contributed by atoms with E-state index >= 15 is 0 Å². The number of oxazole rings is 1. The largest absolute Gasteiger partial charge is 0.443 e. The van der Waals surface area contributed by atoms with E-state index < -0.39 is 0 Å². The van der Waals surface area contributed by atoms with Crippen molar-refractivity contribution in [3.63, 3.8) is 0 Å². The van der Waals surface area contributed by atoms with Crippen molar-refractivity contribution in [3.05, 3.63) is 17.8 Å². The highest BCUT2D eigenvalue weighted by Crippen LogP contribution is 2.12. The molecule has 1 saturated heterocycles. The highest BCUT2D eigenvalue weighted by Gasteiger charge is 2.16. The summed E-state index contributed by atoms with van der Waals surface area (Å²) < 4.78 is 5.29. The fourth-order valence-electron chi connectivity index (χ4n) is 1.66. The summed E-state index contributed by atoms with van der Waals surface area (Å²) >= 11 is 0. The highest BCUT2D eigenvalue weighted by molar-refractivity contribution is 4.95. The van der Waals surface area contributed by atoms with E-state index in [1.54, 1.807) is 6.20 Å². The lowest BCUT2D eigenvalue weighted by Crippen LogP contribution is -2.23. The minimum atomic E-state index is -0.0644. The summed E-state index contributed by atoms with van der Waals surface area (Å²) in [5, 5.41) is 12.1. The minimum absolute atomic E-state index is 0.0644. The molecule has 1 aromatic rings. The van der Waals surface area contributed by atoms with Gasteiger partial charge < -0.3 is 14.8 Å². The van der Waals surface area contributed by atoms with Gasteiger partial charge in [0.2, 0.25) is 0 Å². The van der Waals surface area contributed by atoms with Gasteiger partial charge in [0.1, 0.15) is 12.4 Å². The van der Waals surface area contributed by atoms with E-state index in [1.807, 2.05) is 0 Å². The molecule has 13 heavy (non-hydrogen) atoms. The lowest BCUT2D eigenvalue weighted by molar-refractivity contribution is 0.242. The van der Waals surface area contributed by atoms with Gasteiger partial charge in [0.05, 0.1) is 6.20 Å². The summed E-state index contributed by atoms with van der Waals surface area (Å²) in [6, 6.07) is 0.505. The maximum absolute atomic E-state index is 8.76. The normalized spacial score (nSPS) is 22.4. The van der Waals surface area contributed by atoms with Crippen LogP contribution in [0.5, 0.6) is 0 Å². The predicted molar refractivity (Wildman–Crippen MR) is 47.2 cm³/mol. The molecule has 2 heterocycles. The van der Waals surface area contributed by atoms with Crippen molar-refractivity contribution >= 4 is 0 Å². The van der Waals surface area contributed by atoms with Gasteiger partial charge in [-0.15, -0.1) is 0 Å². The van der Waals surface area contributed by atoms with Crippen LogP contribution in [0.3, 0.4) is 0 Å². The van der Waals surface area contributed by atoms with Crippen LogP contribution in [0.4, 0.5) is 0 Å². The third-order valence-corrected chi connectivity index (χ3v) is 2.34. The molecule has 0 amide bonds. The summed E-state index contributed by atoms with van der Waals surface area (Å²) in [7, 11) is 0. The number of nitrogens with one attached hydrogen (secondary N) is 1. The number of aromatic nitrogens is 1. The average Bonchev–Trinajstić information content (AvgIpc) is 2.76. The molecule has 0 bridgehead atoms. The Morgan fingerprint density at radius 2 is 2.62 bits per heavy atom. The van der Waals surface area contributed by atoms with Crippen molar-refractivity contribution < 1.29 is 9.52 Å². The van der Waals surface area contributed by atoms with E-state index in [0.29, 0.717) is 11.8 Å². The minimum Gasteiger partial charge on any atom is -0.443 e. The molecule has 1 atom stereocenters. The first-order valence-corrected chi connectivity index (χ1v) is 4.66. The maximum Gasteiger partial charge on any atom is 0.196 e. The van der Waals surface area contributed by atoms with Gasteiger partial charge in [0.25, 0.3) is 0 Å². The molecule has 1 aliphatic rings. The fraction of sp³-hybridized carbons (Fsp3) is 0.667. The zero-order valence-corrected chi connectivity index (χ0v) is 7.49. The van der Waals surface area contributed by atoms with Crippen LogP contribution in [0.25, 0.3) is 0 Å². The molecule has 0 spiro atoms.